The zero-order chi connectivity index (χ0) is 3.58. The lowest BCUT2D eigenvalue weighted by Crippen LogP contribution is -2.14. The third-order valence-electron chi connectivity index (χ3n) is 0. The molecule has 1 atom stereocenters. The van der Waals surface area contributed by atoms with Crippen LogP contribution in [0.1, 0.15) is 6.92 Å². The van der Waals surface area contributed by atoms with Gasteiger partial charge in [0.05, 0.1) is 6.17 Å². The van der Waals surface area contributed by atoms with Gasteiger partial charge in [-0.1, -0.05) is 0 Å². The summed E-state index contributed by atoms with van der Waals surface area (Å²) >= 11 is 0. The molecule has 0 aromatic carbocycles. The number of hydrogen-bond donors (Lipinski definition) is 1. The summed E-state index contributed by atoms with van der Waals surface area (Å²) in [6, 6.07) is 0. The highest BCUT2D eigenvalue weighted by molar-refractivity contribution is 4.27. The smallest absolute Gasteiger partial charge is 0.0872 e. The van der Waals surface area contributed by atoms with Crippen LogP contribution in [-0.2, 0) is 0 Å². The van der Waals surface area contributed by atoms with Crippen LogP contribution in [-0.4, -0.2) is 6.17 Å². The third kappa shape index (κ3) is 254. The minimum Gasteiger partial charge on any atom is -0.314 e. The molecule has 2 N–H and O–H groups in total. The molecule has 2 nitrogen and oxygen atoms in total. The molecule has 1 unspecified atom stereocenters. The highest BCUT2D eigenvalue weighted by atomic mass is 14.8. The minimum absolute atomic E-state index is 0.667. The van der Waals surface area contributed by atoms with E-state index in [0.29, 0.717) is 0 Å². The molecule has 0 aromatic heterocycles. The second kappa shape index (κ2) is 1.26. The predicted molar refractivity (Wildman–Crippen MR) is 15.8 cm³/mol. The van der Waals surface area contributed by atoms with Crippen molar-refractivity contribution in [2.24, 2.45) is 5.73 Å². The highest BCUT2D eigenvalue weighted by Crippen LogP contribution is 1.47. The van der Waals surface area contributed by atoms with E-state index in [2.05, 4.69) is 5.73 Å². The van der Waals surface area contributed by atoms with Gasteiger partial charge in [-0.15, -0.1) is 5.73 Å². The van der Waals surface area contributed by atoms with Crippen molar-refractivity contribution in [1.29, 1.82) is 0 Å². The Bertz CT molecular complexity index is 8.75. The highest BCUT2D eigenvalue weighted by Gasteiger charge is 1.71. The van der Waals surface area contributed by atoms with Crippen LogP contribution in [0, 0.1) is 0 Å². The molecule has 0 amide bonds. The maximum Gasteiger partial charge on any atom is 0.0872 e. The van der Waals surface area contributed by atoms with Crippen molar-refractivity contribution in [3.05, 3.63) is 0 Å². The van der Waals surface area contributed by atoms with Crippen LogP contribution in [0.3, 0.4) is 0 Å². The second-order valence-corrected chi connectivity index (χ2v) is 0.741. The quantitative estimate of drug-likeness (QED) is 0.395. The molecule has 0 aliphatic rings. The molecule has 0 saturated carbocycles. The van der Waals surface area contributed by atoms with Gasteiger partial charge in [-0.05, 0) is 6.92 Å². The normalized spacial score (nSPS) is 9.00. The Labute approximate surface area is 25.8 Å². The Hall–Kier alpha value is -0.0800. The Morgan fingerprint density at radius 2 is 2.00 bits per heavy atom. The van der Waals surface area contributed by atoms with E-state index in [0.717, 1.165) is 0 Å². The maximum atomic E-state index is 7.83. The van der Waals surface area contributed by atoms with Gasteiger partial charge in [0.15, 0.2) is 0 Å². The van der Waals surface area contributed by atoms with Crippen molar-refractivity contribution < 1.29 is 0 Å². The standard InChI is InChI=1S/C2H6N2/c1-2(3)4/h2H,3H2,1H3. The lowest BCUT2D eigenvalue weighted by atomic mass is 10.7. The van der Waals surface area contributed by atoms with Gasteiger partial charge in [-0.3, -0.25) is 0 Å². The first-order valence-electron chi connectivity index (χ1n) is 1.17. The number of hydrogen-bond acceptors (Lipinski definition) is 1. The minimum atomic E-state index is -0.667. The first-order chi connectivity index (χ1) is 1.73. The SMILES string of the molecule is CC([N])N. The van der Waals surface area contributed by atoms with Crippen molar-refractivity contribution >= 4 is 0 Å². The molecular weight excluding hydrogens is 52.0 g/mol. The van der Waals surface area contributed by atoms with Crippen LogP contribution in [0.15, 0.2) is 0 Å². The topological polar surface area (TPSA) is 48.3 Å². The summed E-state index contributed by atoms with van der Waals surface area (Å²) in [6.45, 7) is 1.50. The van der Waals surface area contributed by atoms with E-state index in [9.17, 15) is 0 Å². The van der Waals surface area contributed by atoms with Crippen molar-refractivity contribution in [3.63, 3.8) is 0 Å². The summed E-state index contributed by atoms with van der Waals surface area (Å²) in [7, 11) is 0. The van der Waals surface area contributed by atoms with Gasteiger partial charge in [0.1, 0.15) is 0 Å². The molecule has 0 spiro atoms. The zero-order valence-corrected chi connectivity index (χ0v) is 2.60. The van der Waals surface area contributed by atoms with Crippen molar-refractivity contribution in [3.8, 4) is 0 Å². The number of nitrogens with two attached hydrogens (primary N) is 1. The third-order valence-corrected chi connectivity index (χ3v) is 0. The summed E-state index contributed by atoms with van der Waals surface area (Å²) < 4.78 is 0. The fourth-order valence-electron chi connectivity index (χ4n) is 0. The van der Waals surface area contributed by atoms with Gasteiger partial charge in [0.2, 0.25) is 0 Å². The fraction of sp³-hybridized carbons (Fsp3) is 1.00. The molecule has 24 valence electrons. The van der Waals surface area contributed by atoms with E-state index in [-0.39, 0.29) is 0 Å². The van der Waals surface area contributed by atoms with Crippen molar-refractivity contribution in [1.82, 2.24) is 5.73 Å². The Kier molecular flexibility index (Phi) is 1.24. The second-order valence-electron chi connectivity index (χ2n) is 0.741. The molecular formula is C2H6N2. The molecule has 0 fully saturated rings. The first-order valence-corrected chi connectivity index (χ1v) is 1.17. The predicted octanol–water partition coefficient (Wildman–Crippen LogP) is -0.640. The summed E-state index contributed by atoms with van der Waals surface area (Å²) in [6.07, 6.45) is -0.667. The largest absolute Gasteiger partial charge is 0.314 e. The van der Waals surface area contributed by atoms with E-state index in [1.54, 1.807) is 0 Å². The van der Waals surface area contributed by atoms with Gasteiger partial charge in [-0.25, -0.2) is 0 Å². The first kappa shape index (κ1) is 3.92. The van der Waals surface area contributed by atoms with Crippen LogP contribution in [0.4, 0.5) is 0 Å². The molecule has 4 heavy (non-hydrogen) atoms. The molecule has 0 aliphatic carbocycles. The molecule has 0 rings (SSSR count). The Morgan fingerprint density at radius 3 is 2.00 bits per heavy atom. The van der Waals surface area contributed by atoms with Crippen molar-refractivity contribution in [2.75, 3.05) is 0 Å². The molecule has 0 aliphatic heterocycles. The molecule has 0 bridgehead atoms. The van der Waals surface area contributed by atoms with Crippen LogP contribution >= 0.6 is 0 Å². The van der Waals surface area contributed by atoms with Gasteiger partial charge in [-0.2, -0.15) is 0 Å². The van der Waals surface area contributed by atoms with E-state index < -0.39 is 6.17 Å². The lowest BCUT2D eigenvalue weighted by Gasteiger charge is -1.77. The molecule has 0 heterocycles. The summed E-state index contributed by atoms with van der Waals surface area (Å²) in [5.41, 5.74) is 12.5. The molecule has 2 heteroatoms. The van der Waals surface area contributed by atoms with Gasteiger partial charge in [0.25, 0.3) is 0 Å². The van der Waals surface area contributed by atoms with E-state index in [1.807, 2.05) is 0 Å². The Balaban J connectivity index is 2.32. The van der Waals surface area contributed by atoms with Gasteiger partial charge < -0.3 is 5.73 Å². The van der Waals surface area contributed by atoms with E-state index in [4.69, 9.17) is 5.73 Å². The lowest BCUT2D eigenvalue weighted by molar-refractivity contribution is 0.763. The zero-order valence-electron chi connectivity index (χ0n) is 2.60. The monoisotopic (exact) mass is 58.1 g/mol. The van der Waals surface area contributed by atoms with Crippen molar-refractivity contribution in [2.45, 2.75) is 13.1 Å². The molecule has 0 aromatic rings. The average Bonchev–Trinajstić information content (AvgIpc) is 0.811. The van der Waals surface area contributed by atoms with E-state index >= 15 is 0 Å². The maximum absolute atomic E-state index is 7.83. The van der Waals surface area contributed by atoms with Crippen LogP contribution in [0.5, 0.6) is 0 Å². The number of nitrogens with zero attached hydrogens (tertiary/aromatic N) is 1. The summed E-state index contributed by atoms with van der Waals surface area (Å²) in [5.74, 6) is 0. The summed E-state index contributed by atoms with van der Waals surface area (Å²) in [5, 5.41) is 0. The average molecular weight is 58.1 g/mol. The van der Waals surface area contributed by atoms with Crippen LogP contribution in [0.2, 0.25) is 0 Å². The Morgan fingerprint density at radius 1 is 2.00 bits per heavy atom. The molecule has 2 radical (unpaired) electrons. The fourth-order valence-corrected chi connectivity index (χ4v) is 0. The molecule has 0 saturated heterocycles. The van der Waals surface area contributed by atoms with Crippen LogP contribution < -0.4 is 11.5 Å². The number of rotatable bonds is 0. The van der Waals surface area contributed by atoms with Gasteiger partial charge >= 0.3 is 0 Å². The van der Waals surface area contributed by atoms with Gasteiger partial charge in [0, 0.05) is 0 Å². The van der Waals surface area contributed by atoms with Crippen LogP contribution in [0.25, 0.3) is 0 Å². The summed E-state index contributed by atoms with van der Waals surface area (Å²) in [4.78, 5) is 0. The van der Waals surface area contributed by atoms with E-state index in [1.165, 1.54) is 6.92 Å².